The maximum atomic E-state index is 6.22. The van der Waals surface area contributed by atoms with Crippen molar-refractivity contribution >= 4 is 50.5 Å². The highest BCUT2D eigenvalue weighted by Gasteiger charge is 2.42. The summed E-state index contributed by atoms with van der Waals surface area (Å²) in [5, 5.41) is 8.58. The molecule has 0 unspecified atom stereocenters. The molecule has 1 atom stereocenters. The van der Waals surface area contributed by atoms with Crippen molar-refractivity contribution in [2.24, 2.45) is 9.98 Å². The van der Waals surface area contributed by atoms with Crippen molar-refractivity contribution in [2.45, 2.75) is 26.8 Å². The number of anilines is 2. The number of rotatable bonds is 3. The van der Waals surface area contributed by atoms with E-state index in [0.717, 1.165) is 51.1 Å². The highest BCUT2D eigenvalue weighted by molar-refractivity contribution is 9.10. The number of nitrogens with zero attached hydrogens (tertiary/aromatic N) is 5. The lowest BCUT2D eigenvalue weighted by Gasteiger charge is -2.39. The first-order valence-electron chi connectivity index (χ1n) is 12.8. The molecule has 0 aliphatic carbocycles. The number of nitrogens with one attached hydrogen (secondary N) is 1. The highest BCUT2D eigenvalue weighted by atomic mass is 79.9. The second-order valence-electron chi connectivity index (χ2n) is 9.81. The number of para-hydroxylation sites is 3. The number of aliphatic imine (C=N–C) groups is 2. The molecule has 0 bridgehead atoms. The molecule has 0 saturated heterocycles. The molecule has 2 aromatic heterocycles. The van der Waals surface area contributed by atoms with Crippen LogP contribution < -0.4 is 10.2 Å². The summed E-state index contributed by atoms with van der Waals surface area (Å²) in [6.07, 6.45) is 0. The van der Waals surface area contributed by atoms with Crippen LogP contribution in [0, 0.1) is 20.8 Å². The van der Waals surface area contributed by atoms with Crippen molar-refractivity contribution in [2.75, 3.05) is 10.2 Å². The summed E-state index contributed by atoms with van der Waals surface area (Å²) in [5.41, 5.74) is 7.92. The van der Waals surface area contributed by atoms with Crippen LogP contribution in [0.5, 0.6) is 0 Å². The van der Waals surface area contributed by atoms with Crippen molar-refractivity contribution in [3.8, 4) is 5.69 Å². The summed E-state index contributed by atoms with van der Waals surface area (Å²) < 4.78 is 8.81. The average molecular weight is 577 g/mol. The number of benzene rings is 3. The van der Waals surface area contributed by atoms with Gasteiger partial charge in [0.15, 0.2) is 22.2 Å². The topological polar surface area (TPSA) is 71.0 Å². The third kappa shape index (κ3) is 3.90. The van der Waals surface area contributed by atoms with Crippen molar-refractivity contribution in [1.82, 2.24) is 9.78 Å². The lowest BCUT2D eigenvalue weighted by molar-refractivity contribution is 0.468. The lowest BCUT2D eigenvalue weighted by atomic mass is 9.97. The van der Waals surface area contributed by atoms with Crippen LogP contribution >= 0.6 is 15.9 Å². The molecular formula is C31H25BrN6O. The molecule has 2 aliphatic heterocycles. The van der Waals surface area contributed by atoms with Gasteiger partial charge < -0.3 is 14.6 Å². The monoisotopic (exact) mass is 576 g/mol. The standard InChI is InChI=1S/C31H25BrN6O/c1-18-13-14-19(2)23(17-18)34-29-31-35-30-27(20(3)36-38(30)21-9-5-4-6-10-21)28(25-15-16-26(32)39-25)37(31)24-12-8-7-11-22(24)33-29/h4-17,28H,1-3H3,(H,33,34)/t28-/m0/s1. The van der Waals surface area contributed by atoms with Crippen LogP contribution in [-0.2, 0) is 0 Å². The minimum atomic E-state index is -0.302. The second-order valence-corrected chi connectivity index (χ2v) is 10.6. The third-order valence-electron chi connectivity index (χ3n) is 7.15. The maximum Gasteiger partial charge on any atom is 0.179 e. The fourth-order valence-corrected chi connectivity index (χ4v) is 5.61. The predicted molar refractivity (Wildman–Crippen MR) is 159 cm³/mol. The van der Waals surface area contributed by atoms with Gasteiger partial charge in [-0.3, -0.25) is 0 Å². The van der Waals surface area contributed by atoms with Gasteiger partial charge in [-0.05, 0) is 90.3 Å². The van der Waals surface area contributed by atoms with Crippen LogP contribution in [0.2, 0.25) is 0 Å². The number of amidine groups is 2. The van der Waals surface area contributed by atoms with Crippen molar-refractivity contribution in [1.29, 1.82) is 0 Å². The number of hydrogen-bond donors (Lipinski definition) is 1. The first kappa shape index (κ1) is 23.7. The van der Waals surface area contributed by atoms with E-state index in [1.165, 1.54) is 5.56 Å². The van der Waals surface area contributed by atoms with Crippen LogP contribution in [0.4, 0.5) is 22.9 Å². The van der Waals surface area contributed by atoms with Gasteiger partial charge in [-0.15, -0.1) is 0 Å². The molecule has 0 fully saturated rings. The molecular weight excluding hydrogens is 552 g/mol. The van der Waals surface area contributed by atoms with E-state index in [-0.39, 0.29) is 6.04 Å². The maximum absolute atomic E-state index is 6.22. The zero-order valence-corrected chi connectivity index (χ0v) is 23.3. The molecule has 2 aliphatic rings. The molecule has 192 valence electrons. The number of hydrogen-bond acceptors (Lipinski definition) is 6. The van der Waals surface area contributed by atoms with Gasteiger partial charge in [0.05, 0.1) is 28.3 Å². The molecule has 7 rings (SSSR count). The summed E-state index contributed by atoms with van der Waals surface area (Å²) in [6, 6.07) is 28.2. The molecule has 8 heteroatoms. The Morgan fingerprint density at radius 2 is 1.67 bits per heavy atom. The number of halogens is 1. The molecule has 4 heterocycles. The Kier molecular flexibility index (Phi) is 5.52. The quantitative estimate of drug-likeness (QED) is 0.236. The molecule has 5 aromatic rings. The van der Waals surface area contributed by atoms with E-state index in [1.807, 2.05) is 72.3 Å². The molecule has 7 nitrogen and oxygen atoms in total. The Morgan fingerprint density at radius 3 is 2.46 bits per heavy atom. The Hall–Kier alpha value is -4.43. The van der Waals surface area contributed by atoms with Gasteiger partial charge in [0, 0.05) is 5.69 Å². The minimum absolute atomic E-state index is 0.302. The Labute approximate surface area is 234 Å². The first-order chi connectivity index (χ1) is 19.0. The fourth-order valence-electron chi connectivity index (χ4n) is 5.29. The summed E-state index contributed by atoms with van der Waals surface area (Å²) in [7, 11) is 0. The molecule has 0 radical (unpaired) electrons. The largest absolute Gasteiger partial charge is 0.452 e. The van der Waals surface area contributed by atoms with Crippen molar-refractivity contribution in [3.63, 3.8) is 0 Å². The fraction of sp³-hybridized carbons (Fsp3) is 0.129. The molecule has 0 amide bonds. The molecule has 39 heavy (non-hydrogen) atoms. The molecule has 0 spiro atoms. The SMILES string of the molecule is Cc1ccc(C)c(NC2=Nc3ccccc3N3C2=Nc2c(c(C)nn2-c2ccccc2)[C@@H]3c2ccc(Br)o2)c1. The van der Waals surface area contributed by atoms with E-state index >= 15 is 0 Å². The summed E-state index contributed by atoms with van der Waals surface area (Å²) in [6.45, 7) is 6.21. The second kappa shape index (κ2) is 9.10. The van der Waals surface area contributed by atoms with E-state index in [0.29, 0.717) is 16.3 Å². The van der Waals surface area contributed by atoms with Gasteiger partial charge in [0.25, 0.3) is 0 Å². The number of aromatic nitrogens is 2. The number of fused-ring (bicyclic) bond motifs is 4. The summed E-state index contributed by atoms with van der Waals surface area (Å²) in [4.78, 5) is 12.6. The zero-order valence-electron chi connectivity index (χ0n) is 21.7. The average Bonchev–Trinajstić information content (AvgIpc) is 3.53. The van der Waals surface area contributed by atoms with E-state index < -0.39 is 0 Å². The van der Waals surface area contributed by atoms with Gasteiger partial charge in [0.1, 0.15) is 11.8 Å². The van der Waals surface area contributed by atoms with Crippen molar-refractivity contribution in [3.05, 3.63) is 118 Å². The van der Waals surface area contributed by atoms with Crippen LogP contribution in [-0.4, -0.2) is 21.5 Å². The van der Waals surface area contributed by atoms with Gasteiger partial charge in [0.2, 0.25) is 0 Å². The number of furan rings is 1. The third-order valence-corrected chi connectivity index (χ3v) is 7.57. The van der Waals surface area contributed by atoms with Crippen molar-refractivity contribution < 1.29 is 4.42 Å². The van der Waals surface area contributed by atoms with E-state index in [2.05, 4.69) is 64.3 Å². The first-order valence-corrected chi connectivity index (χ1v) is 13.6. The normalized spacial score (nSPS) is 15.7. The molecule has 3 aromatic carbocycles. The smallest absolute Gasteiger partial charge is 0.179 e. The van der Waals surface area contributed by atoms with Gasteiger partial charge in [-0.25, -0.2) is 14.7 Å². The van der Waals surface area contributed by atoms with Crippen LogP contribution in [0.25, 0.3) is 5.69 Å². The Morgan fingerprint density at radius 1 is 0.872 bits per heavy atom. The lowest BCUT2D eigenvalue weighted by Crippen LogP contribution is -2.46. The number of aryl methyl sites for hydroxylation is 3. The predicted octanol–water partition coefficient (Wildman–Crippen LogP) is 7.95. The van der Waals surface area contributed by atoms with Gasteiger partial charge >= 0.3 is 0 Å². The van der Waals surface area contributed by atoms with E-state index in [9.17, 15) is 0 Å². The molecule has 0 saturated carbocycles. The highest BCUT2D eigenvalue weighted by Crippen LogP contribution is 2.48. The minimum Gasteiger partial charge on any atom is -0.452 e. The molecule has 1 N–H and O–H groups in total. The van der Waals surface area contributed by atoms with Crippen LogP contribution in [0.15, 0.2) is 104 Å². The van der Waals surface area contributed by atoms with Gasteiger partial charge in [-0.2, -0.15) is 5.10 Å². The summed E-state index contributed by atoms with van der Waals surface area (Å²) in [5.74, 6) is 2.92. The van der Waals surface area contributed by atoms with E-state index in [1.54, 1.807) is 0 Å². The summed E-state index contributed by atoms with van der Waals surface area (Å²) >= 11 is 3.52. The van der Waals surface area contributed by atoms with Gasteiger partial charge in [-0.1, -0.05) is 42.5 Å². The van der Waals surface area contributed by atoms with E-state index in [4.69, 9.17) is 19.5 Å². The van der Waals surface area contributed by atoms with Crippen LogP contribution in [0.3, 0.4) is 0 Å². The Balaban J connectivity index is 1.50. The van der Waals surface area contributed by atoms with Crippen LogP contribution in [0.1, 0.15) is 34.2 Å². The Bertz CT molecular complexity index is 1800. The zero-order chi connectivity index (χ0) is 26.7.